The Morgan fingerprint density at radius 2 is 1.48 bits per heavy atom. The van der Waals surface area contributed by atoms with Crippen LogP contribution < -0.4 is 5.32 Å². The molecule has 1 amide bonds. The van der Waals surface area contributed by atoms with E-state index in [9.17, 15) is 23.3 Å². The lowest BCUT2D eigenvalue weighted by molar-refractivity contribution is -0.132. The summed E-state index contributed by atoms with van der Waals surface area (Å²) in [4.78, 5) is 40.7. The van der Waals surface area contributed by atoms with Gasteiger partial charge >= 0.3 is 0 Å². The Morgan fingerprint density at radius 3 is 2.00 bits per heavy atom. The largest absolute Gasteiger partial charge is 0.357 e. The van der Waals surface area contributed by atoms with Crippen LogP contribution in [-0.2, 0) is 27.8 Å². The standard InChI is InChI=1S/C35H38N8O4S/c1-2-40-15-17-41(18-16-40)48(46,47)42-23-29-30(24-42)33(29)43-32(19-31(44)28-5-3-27(22-36)4-6-28)39-35(34(43)45,20-25-7-11-37-12-8-25)21-26-9-13-38-14-10-26/h3-14,19,29-30,33,39H,2,15-18,20-21,23-24H2,1H3/b32-19+/t29-,30+,33+. The summed E-state index contributed by atoms with van der Waals surface area (Å²) in [5.41, 5.74) is 1.56. The van der Waals surface area contributed by atoms with E-state index in [0.29, 0.717) is 69.1 Å². The molecule has 12 nitrogen and oxygen atoms in total. The van der Waals surface area contributed by atoms with E-state index in [1.165, 1.54) is 6.08 Å². The predicted molar refractivity (Wildman–Crippen MR) is 177 cm³/mol. The molecule has 4 fully saturated rings. The first kappa shape index (κ1) is 32.1. The second-order valence-corrected chi connectivity index (χ2v) is 14.9. The van der Waals surface area contributed by atoms with Gasteiger partial charge in [-0.1, -0.05) is 6.92 Å². The highest BCUT2D eigenvalue weighted by Gasteiger charge is 2.66. The molecule has 3 aliphatic heterocycles. The van der Waals surface area contributed by atoms with E-state index in [1.54, 1.807) is 62.6 Å². The highest BCUT2D eigenvalue weighted by atomic mass is 32.2. The fraction of sp³-hybridized carbons (Fsp3) is 0.400. The van der Waals surface area contributed by atoms with Crippen molar-refractivity contribution in [2.45, 2.75) is 31.3 Å². The predicted octanol–water partition coefficient (Wildman–Crippen LogP) is 1.84. The first-order valence-electron chi connectivity index (χ1n) is 16.4. The Kier molecular flexibility index (Phi) is 8.59. The Balaban J connectivity index is 1.19. The summed E-state index contributed by atoms with van der Waals surface area (Å²) >= 11 is 0. The third kappa shape index (κ3) is 6.01. The Morgan fingerprint density at radius 1 is 0.917 bits per heavy atom. The molecule has 248 valence electrons. The lowest BCUT2D eigenvalue weighted by atomic mass is 9.85. The number of piperidine rings is 1. The summed E-state index contributed by atoms with van der Waals surface area (Å²) in [6, 6.07) is 15.7. The van der Waals surface area contributed by atoms with Crippen LogP contribution in [0.5, 0.6) is 0 Å². The van der Waals surface area contributed by atoms with Crippen molar-refractivity contribution in [1.82, 2.24) is 33.7 Å². The smallest absolute Gasteiger partial charge is 0.282 e. The van der Waals surface area contributed by atoms with Crippen molar-refractivity contribution in [3.8, 4) is 6.07 Å². The molecule has 0 radical (unpaired) electrons. The number of likely N-dealkylation sites (N-methyl/N-ethyl adjacent to an activating group) is 1. The second kappa shape index (κ2) is 12.9. The number of allylic oxidation sites excluding steroid dienone is 1. The minimum absolute atomic E-state index is 0.0477. The van der Waals surface area contributed by atoms with Crippen molar-refractivity contribution in [1.29, 1.82) is 5.26 Å². The molecular weight excluding hydrogens is 629 g/mol. The van der Waals surface area contributed by atoms with E-state index >= 15 is 0 Å². The Labute approximate surface area is 280 Å². The number of carbonyl (C=O) groups is 2. The third-order valence-electron chi connectivity index (χ3n) is 10.2. The van der Waals surface area contributed by atoms with Crippen LogP contribution >= 0.6 is 0 Å². The molecule has 0 bridgehead atoms. The van der Waals surface area contributed by atoms with Crippen molar-refractivity contribution in [2.75, 3.05) is 45.8 Å². The van der Waals surface area contributed by atoms with Crippen molar-refractivity contribution in [3.05, 3.63) is 107 Å². The number of carbonyl (C=O) groups excluding carboxylic acids is 2. The molecule has 48 heavy (non-hydrogen) atoms. The number of piperazine rings is 1. The van der Waals surface area contributed by atoms with E-state index in [2.05, 4.69) is 33.2 Å². The van der Waals surface area contributed by atoms with Crippen molar-refractivity contribution in [2.24, 2.45) is 11.8 Å². The van der Waals surface area contributed by atoms with Gasteiger partial charge in [0.1, 0.15) is 11.4 Å². The zero-order valence-corrected chi connectivity index (χ0v) is 27.6. The van der Waals surface area contributed by atoms with Gasteiger partial charge in [-0.2, -0.15) is 22.3 Å². The average molecular weight is 667 g/mol. The van der Waals surface area contributed by atoms with Crippen molar-refractivity contribution in [3.63, 3.8) is 0 Å². The van der Waals surface area contributed by atoms with E-state index in [1.807, 2.05) is 24.3 Å². The van der Waals surface area contributed by atoms with Gasteiger partial charge in [0.2, 0.25) is 0 Å². The van der Waals surface area contributed by atoms with Gasteiger partial charge in [0.05, 0.1) is 11.6 Å². The maximum absolute atomic E-state index is 14.8. The molecule has 1 aliphatic carbocycles. The number of hydrogen-bond acceptors (Lipinski definition) is 9. The number of nitrogens with zero attached hydrogens (tertiary/aromatic N) is 7. The summed E-state index contributed by atoms with van der Waals surface area (Å²) in [5.74, 6) is -0.145. The lowest BCUT2D eigenvalue weighted by Gasteiger charge is -2.36. The molecule has 1 N–H and O–H groups in total. The van der Waals surface area contributed by atoms with Crippen LogP contribution in [0.15, 0.2) is 85.2 Å². The molecule has 4 aliphatic rings. The number of ketones is 1. The summed E-state index contributed by atoms with van der Waals surface area (Å²) in [5, 5.41) is 12.7. The molecule has 1 aromatic carbocycles. The third-order valence-corrected chi connectivity index (χ3v) is 12.1. The monoisotopic (exact) mass is 666 g/mol. The summed E-state index contributed by atoms with van der Waals surface area (Å²) in [7, 11) is -3.62. The molecular formula is C35H38N8O4S. The number of nitrogens with one attached hydrogen (secondary N) is 1. The average Bonchev–Trinajstić information content (AvgIpc) is 3.44. The fourth-order valence-corrected chi connectivity index (χ4v) is 9.16. The maximum atomic E-state index is 14.8. The minimum atomic E-state index is -3.62. The number of benzene rings is 1. The number of fused-ring (bicyclic) bond motifs is 1. The summed E-state index contributed by atoms with van der Waals surface area (Å²) in [6.07, 6.45) is 8.95. The van der Waals surface area contributed by atoms with Gasteiger partial charge in [-0.05, 0) is 66.2 Å². The molecule has 3 saturated heterocycles. The number of amides is 1. The number of hydrogen-bond donors (Lipinski definition) is 1. The molecule has 13 heteroatoms. The van der Waals surface area contributed by atoms with Gasteiger partial charge in [-0.3, -0.25) is 24.5 Å². The Hall–Kier alpha value is -4.48. The van der Waals surface area contributed by atoms with Crippen LogP contribution in [0, 0.1) is 23.2 Å². The number of pyridine rings is 2. The molecule has 2 aromatic heterocycles. The van der Waals surface area contributed by atoms with Gasteiger partial charge in [-0.25, -0.2) is 0 Å². The van der Waals surface area contributed by atoms with Gasteiger partial charge in [-0.15, -0.1) is 0 Å². The molecule has 7 rings (SSSR count). The lowest BCUT2D eigenvalue weighted by Crippen LogP contribution is -2.53. The van der Waals surface area contributed by atoms with E-state index in [-0.39, 0.29) is 29.6 Å². The first-order valence-corrected chi connectivity index (χ1v) is 17.8. The van der Waals surface area contributed by atoms with Crippen LogP contribution in [0.1, 0.15) is 34.0 Å². The van der Waals surface area contributed by atoms with Crippen LogP contribution in [0.2, 0.25) is 0 Å². The Bertz CT molecular complexity index is 1800. The molecule has 0 spiro atoms. The molecule has 3 aromatic rings. The summed E-state index contributed by atoms with van der Waals surface area (Å²) < 4.78 is 30.4. The van der Waals surface area contributed by atoms with Crippen LogP contribution in [0.3, 0.4) is 0 Å². The van der Waals surface area contributed by atoms with Gasteiger partial charge in [0.25, 0.3) is 16.1 Å². The van der Waals surface area contributed by atoms with Crippen molar-refractivity contribution >= 4 is 21.9 Å². The highest BCUT2D eigenvalue weighted by Crippen LogP contribution is 2.53. The second-order valence-electron chi connectivity index (χ2n) is 13.0. The van der Waals surface area contributed by atoms with Crippen LogP contribution in [0.25, 0.3) is 0 Å². The zero-order valence-electron chi connectivity index (χ0n) is 26.8. The van der Waals surface area contributed by atoms with Gasteiger partial charge in [0, 0.05) is 106 Å². The SMILES string of the molecule is CCN1CCN(S(=O)(=O)N2C[C@@H]3[C@H](C2)[C@H]3N2C(=O)C(Cc3ccncc3)(Cc3ccncc3)N/C2=C\C(=O)c2ccc(C#N)cc2)CC1. The quantitative estimate of drug-likeness (QED) is 0.253. The van der Waals surface area contributed by atoms with Crippen LogP contribution in [0.4, 0.5) is 0 Å². The van der Waals surface area contributed by atoms with Gasteiger partial charge < -0.3 is 10.2 Å². The van der Waals surface area contributed by atoms with Gasteiger partial charge in [0.15, 0.2) is 5.78 Å². The number of nitriles is 1. The topological polar surface area (TPSA) is 143 Å². The van der Waals surface area contributed by atoms with Crippen LogP contribution in [-0.4, -0.2) is 106 Å². The zero-order chi connectivity index (χ0) is 33.5. The minimum Gasteiger partial charge on any atom is -0.357 e. The van der Waals surface area contributed by atoms with Crippen molar-refractivity contribution < 1.29 is 18.0 Å². The molecule has 3 atom stereocenters. The number of rotatable bonds is 10. The normalized spacial score (nSPS) is 25.1. The molecule has 5 heterocycles. The molecule has 1 saturated carbocycles. The summed E-state index contributed by atoms with van der Waals surface area (Å²) in [6.45, 7) is 6.00. The van der Waals surface area contributed by atoms with E-state index < -0.39 is 15.7 Å². The molecule has 0 unspecified atom stereocenters. The highest BCUT2D eigenvalue weighted by molar-refractivity contribution is 7.86. The number of aromatic nitrogens is 2. The maximum Gasteiger partial charge on any atom is 0.282 e. The van der Waals surface area contributed by atoms with E-state index in [0.717, 1.165) is 17.7 Å². The van der Waals surface area contributed by atoms with E-state index in [4.69, 9.17) is 0 Å². The first-order chi connectivity index (χ1) is 23.2. The fourth-order valence-electron chi connectivity index (χ4n) is 7.48.